The highest BCUT2D eigenvalue weighted by Gasteiger charge is 2.26. The molecular formula is C13H18BrNO3. The first-order valence-electron chi connectivity index (χ1n) is 6.27. The lowest BCUT2D eigenvalue weighted by atomic mass is 10.1. The van der Waals surface area contributed by atoms with Crippen LogP contribution in [0.1, 0.15) is 37.4 Å². The molecule has 1 aliphatic rings. The first-order valence-corrected chi connectivity index (χ1v) is 7.06. The Morgan fingerprint density at radius 3 is 2.83 bits per heavy atom. The van der Waals surface area contributed by atoms with Gasteiger partial charge in [0.1, 0.15) is 11.7 Å². The summed E-state index contributed by atoms with van der Waals surface area (Å²) < 4.78 is 10.9. The van der Waals surface area contributed by atoms with Crippen LogP contribution in [0.5, 0.6) is 0 Å². The molecule has 0 spiro atoms. The minimum absolute atomic E-state index is 0.262. The van der Waals surface area contributed by atoms with Crippen molar-refractivity contribution < 1.29 is 13.9 Å². The van der Waals surface area contributed by atoms with Gasteiger partial charge < -0.3 is 14.5 Å². The molecule has 1 aliphatic carbocycles. The van der Waals surface area contributed by atoms with Gasteiger partial charge in [0.05, 0.1) is 7.11 Å². The lowest BCUT2D eigenvalue weighted by Crippen LogP contribution is -2.33. The second-order valence-electron chi connectivity index (χ2n) is 4.61. The summed E-state index contributed by atoms with van der Waals surface area (Å²) in [6.07, 6.45) is 4.92. The molecule has 5 heteroatoms. The molecule has 0 bridgehead atoms. The van der Waals surface area contributed by atoms with Crippen LogP contribution in [0.2, 0.25) is 0 Å². The van der Waals surface area contributed by atoms with E-state index in [2.05, 4.69) is 21.2 Å². The largest absolute Gasteiger partial charge is 0.468 e. The highest BCUT2D eigenvalue weighted by molar-refractivity contribution is 9.10. The third-order valence-corrected chi connectivity index (χ3v) is 3.82. The number of ether oxygens (including phenoxy) is 1. The molecule has 1 aromatic rings. The van der Waals surface area contributed by atoms with Gasteiger partial charge in [-0.2, -0.15) is 0 Å². The van der Waals surface area contributed by atoms with E-state index in [4.69, 9.17) is 9.15 Å². The molecule has 1 heterocycles. The molecule has 1 aromatic heterocycles. The first-order chi connectivity index (χ1) is 8.70. The Labute approximate surface area is 115 Å². The second kappa shape index (κ2) is 6.38. The van der Waals surface area contributed by atoms with E-state index < -0.39 is 0 Å². The van der Waals surface area contributed by atoms with Gasteiger partial charge >= 0.3 is 5.97 Å². The molecule has 1 N–H and O–H groups in total. The Morgan fingerprint density at radius 1 is 1.56 bits per heavy atom. The number of rotatable bonds is 5. The van der Waals surface area contributed by atoms with Crippen LogP contribution in [-0.4, -0.2) is 25.7 Å². The van der Waals surface area contributed by atoms with Crippen molar-refractivity contribution in [3.63, 3.8) is 0 Å². The molecule has 1 saturated carbocycles. The van der Waals surface area contributed by atoms with Gasteiger partial charge in [0, 0.05) is 12.6 Å². The van der Waals surface area contributed by atoms with E-state index in [-0.39, 0.29) is 11.9 Å². The predicted molar refractivity (Wildman–Crippen MR) is 71.4 cm³/mol. The Hall–Kier alpha value is -0.810. The molecular weight excluding hydrogens is 298 g/mol. The number of carbonyl (C=O) groups excluding carboxylic acids is 1. The smallest absolute Gasteiger partial charge is 0.317 e. The summed E-state index contributed by atoms with van der Waals surface area (Å²) in [5.41, 5.74) is 0. The molecule has 1 atom stereocenters. The van der Waals surface area contributed by atoms with E-state index in [1.807, 2.05) is 6.07 Å². The molecule has 0 saturated heterocycles. The zero-order valence-electron chi connectivity index (χ0n) is 10.4. The molecule has 0 radical (unpaired) electrons. The van der Waals surface area contributed by atoms with Gasteiger partial charge in [-0.05, 0) is 40.9 Å². The minimum atomic E-state index is -0.373. The fourth-order valence-corrected chi connectivity index (χ4v) is 2.69. The molecule has 18 heavy (non-hydrogen) atoms. The summed E-state index contributed by atoms with van der Waals surface area (Å²) in [6, 6.07) is 4.12. The Kier molecular flexibility index (Phi) is 4.83. The summed E-state index contributed by atoms with van der Waals surface area (Å²) in [5.74, 6) is 0.00321. The van der Waals surface area contributed by atoms with E-state index in [0.717, 1.165) is 0 Å². The van der Waals surface area contributed by atoms with Crippen molar-refractivity contribution in [2.45, 2.75) is 37.6 Å². The average molecular weight is 316 g/mol. The van der Waals surface area contributed by atoms with Crippen LogP contribution in [0.3, 0.4) is 0 Å². The SMILES string of the molecule is COC(=O)C(CNC1CCCC1)c1ccc(Br)o1. The number of furan rings is 1. The van der Waals surface area contributed by atoms with E-state index in [9.17, 15) is 4.79 Å². The Morgan fingerprint density at radius 2 is 2.28 bits per heavy atom. The molecule has 100 valence electrons. The van der Waals surface area contributed by atoms with E-state index in [0.29, 0.717) is 23.0 Å². The van der Waals surface area contributed by atoms with Crippen molar-refractivity contribution in [3.8, 4) is 0 Å². The van der Waals surface area contributed by atoms with Gasteiger partial charge in [0.2, 0.25) is 0 Å². The topological polar surface area (TPSA) is 51.5 Å². The average Bonchev–Trinajstić information content (AvgIpc) is 3.01. The minimum Gasteiger partial charge on any atom is -0.468 e. The summed E-state index contributed by atoms with van der Waals surface area (Å²) in [5, 5.41) is 3.43. The molecule has 0 aromatic carbocycles. The van der Waals surface area contributed by atoms with Crippen molar-refractivity contribution in [3.05, 3.63) is 22.6 Å². The fourth-order valence-electron chi connectivity index (χ4n) is 2.37. The highest BCUT2D eigenvalue weighted by atomic mass is 79.9. The molecule has 4 nitrogen and oxygen atoms in total. The van der Waals surface area contributed by atoms with Crippen LogP contribution >= 0.6 is 15.9 Å². The molecule has 0 amide bonds. The van der Waals surface area contributed by atoms with E-state index in [1.165, 1.54) is 32.8 Å². The zero-order valence-corrected chi connectivity index (χ0v) is 12.0. The monoisotopic (exact) mass is 315 g/mol. The number of esters is 1. The third-order valence-electron chi connectivity index (χ3n) is 3.39. The predicted octanol–water partition coefficient (Wildman–Crippen LogP) is 2.83. The molecule has 0 aliphatic heterocycles. The molecule has 1 fully saturated rings. The Bertz CT molecular complexity index is 399. The number of halogens is 1. The van der Waals surface area contributed by atoms with Crippen LogP contribution in [0.4, 0.5) is 0 Å². The zero-order chi connectivity index (χ0) is 13.0. The summed E-state index contributed by atoms with van der Waals surface area (Å²) >= 11 is 3.25. The van der Waals surface area contributed by atoms with Crippen molar-refractivity contribution in [1.29, 1.82) is 0 Å². The summed E-state index contributed by atoms with van der Waals surface area (Å²) in [4.78, 5) is 11.8. The third kappa shape index (κ3) is 3.36. The quantitative estimate of drug-likeness (QED) is 0.849. The lowest BCUT2D eigenvalue weighted by molar-refractivity contribution is -0.142. The van der Waals surface area contributed by atoms with Crippen LogP contribution in [0, 0.1) is 0 Å². The van der Waals surface area contributed by atoms with Gasteiger partial charge in [-0.1, -0.05) is 12.8 Å². The maximum absolute atomic E-state index is 11.8. The number of hydrogen-bond donors (Lipinski definition) is 1. The first kappa shape index (κ1) is 13.6. The van der Waals surface area contributed by atoms with E-state index >= 15 is 0 Å². The normalized spacial score (nSPS) is 17.9. The van der Waals surface area contributed by atoms with Crippen LogP contribution in [0.15, 0.2) is 21.2 Å². The van der Waals surface area contributed by atoms with Crippen LogP contribution in [-0.2, 0) is 9.53 Å². The van der Waals surface area contributed by atoms with Crippen LogP contribution < -0.4 is 5.32 Å². The summed E-state index contributed by atoms with van der Waals surface area (Å²) in [7, 11) is 1.41. The molecule has 1 unspecified atom stereocenters. The molecule has 2 rings (SSSR count). The lowest BCUT2D eigenvalue weighted by Gasteiger charge is -2.17. The van der Waals surface area contributed by atoms with Crippen molar-refractivity contribution in [2.75, 3.05) is 13.7 Å². The maximum Gasteiger partial charge on any atom is 0.317 e. The highest BCUT2D eigenvalue weighted by Crippen LogP contribution is 2.24. The standard InChI is InChI=1S/C13H18BrNO3/c1-17-13(16)10(11-6-7-12(14)18-11)8-15-9-4-2-3-5-9/h6-7,9-10,15H,2-5,8H2,1H3. The number of carbonyl (C=O) groups is 1. The van der Waals surface area contributed by atoms with Crippen molar-refractivity contribution in [2.24, 2.45) is 0 Å². The van der Waals surface area contributed by atoms with Gasteiger partial charge in [0.15, 0.2) is 4.67 Å². The van der Waals surface area contributed by atoms with Gasteiger partial charge in [-0.15, -0.1) is 0 Å². The van der Waals surface area contributed by atoms with Crippen LogP contribution in [0.25, 0.3) is 0 Å². The van der Waals surface area contributed by atoms with Gasteiger partial charge in [0.25, 0.3) is 0 Å². The Balaban J connectivity index is 1.98. The number of methoxy groups -OCH3 is 1. The van der Waals surface area contributed by atoms with Gasteiger partial charge in [-0.3, -0.25) is 4.79 Å². The maximum atomic E-state index is 11.8. The van der Waals surface area contributed by atoms with Gasteiger partial charge in [-0.25, -0.2) is 0 Å². The second-order valence-corrected chi connectivity index (χ2v) is 5.39. The number of nitrogens with one attached hydrogen (secondary N) is 1. The van der Waals surface area contributed by atoms with Crippen molar-refractivity contribution >= 4 is 21.9 Å². The number of hydrogen-bond acceptors (Lipinski definition) is 4. The van der Waals surface area contributed by atoms with Crippen molar-refractivity contribution in [1.82, 2.24) is 5.32 Å². The summed E-state index contributed by atoms with van der Waals surface area (Å²) in [6.45, 7) is 0.567. The fraction of sp³-hybridized carbons (Fsp3) is 0.615. The van der Waals surface area contributed by atoms with E-state index in [1.54, 1.807) is 6.07 Å².